The standard InChI is InChI=1S/C16H24N2O2/c1-3-11-7-4-5-9-13(11)18-14-10-6-8-12(15(14)17)16(19)20-2/h6,8,10-11,13,18H,3-5,7,9,17H2,1-2H3. The zero-order valence-electron chi connectivity index (χ0n) is 12.3. The molecule has 0 saturated heterocycles. The summed E-state index contributed by atoms with van der Waals surface area (Å²) in [6, 6.07) is 5.92. The van der Waals surface area contributed by atoms with E-state index in [1.807, 2.05) is 12.1 Å². The summed E-state index contributed by atoms with van der Waals surface area (Å²) in [5, 5.41) is 3.54. The van der Waals surface area contributed by atoms with Crippen molar-refractivity contribution < 1.29 is 9.53 Å². The van der Waals surface area contributed by atoms with Crippen molar-refractivity contribution in [2.24, 2.45) is 5.92 Å². The van der Waals surface area contributed by atoms with Crippen LogP contribution in [0.3, 0.4) is 0 Å². The fourth-order valence-electron chi connectivity index (χ4n) is 3.07. The first-order valence-electron chi connectivity index (χ1n) is 7.40. The average molecular weight is 276 g/mol. The highest BCUT2D eigenvalue weighted by molar-refractivity contribution is 5.98. The average Bonchev–Trinajstić information content (AvgIpc) is 2.49. The maximum Gasteiger partial charge on any atom is 0.340 e. The number of ether oxygens (including phenoxy) is 1. The largest absolute Gasteiger partial charge is 0.465 e. The van der Waals surface area contributed by atoms with E-state index in [9.17, 15) is 4.79 Å². The molecule has 1 aromatic carbocycles. The van der Waals surface area contributed by atoms with Crippen molar-refractivity contribution in [2.45, 2.75) is 45.1 Å². The van der Waals surface area contributed by atoms with E-state index in [1.165, 1.54) is 39.2 Å². The van der Waals surface area contributed by atoms with E-state index >= 15 is 0 Å². The van der Waals surface area contributed by atoms with Crippen molar-refractivity contribution in [3.63, 3.8) is 0 Å². The summed E-state index contributed by atoms with van der Waals surface area (Å²) in [6.07, 6.45) is 6.18. The summed E-state index contributed by atoms with van der Waals surface area (Å²) >= 11 is 0. The summed E-state index contributed by atoms with van der Waals surface area (Å²) in [4.78, 5) is 11.7. The number of esters is 1. The number of benzene rings is 1. The third kappa shape index (κ3) is 3.06. The molecule has 1 saturated carbocycles. The molecule has 0 aromatic heterocycles. The second-order valence-corrected chi connectivity index (χ2v) is 5.46. The molecule has 2 rings (SSSR count). The van der Waals surface area contributed by atoms with Crippen LogP contribution in [-0.2, 0) is 4.74 Å². The molecule has 0 spiro atoms. The lowest BCUT2D eigenvalue weighted by Gasteiger charge is -2.32. The van der Waals surface area contributed by atoms with Crippen LogP contribution in [0.4, 0.5) is 11.4 Å². The maximum absolute atomic E-state index is 11.7. The molecule has 0 amide bonds. The van der Waals surface area contributed by atoms with Gasteiger partial charge < -0.3 is 15.8 Å². The number of anilines is 2. The van der Waals surface area contributed by atoms with Gasteiger partial charge in [0.2, 0.25) is 0 Å². The number of carbonyl (C=O) groups is 1. The molecule has 0 aliphatic heterocycles. The van der Waals surface area contributed by atoms with Gasteiger partial charge in [0.05, 0.1) is 24.0 Å². The Morgan fingerprint density at radius 3 is 2.85 bits per heavy atom. The predicted molar refractivity (Wildman–Crippen MR) is 81.9 cm³/mol. The van der Waals surface area contributed by atoms with Crippen LogP contribution < -0.4 is 11.1 Å². The van der Waals surface area contributed by atoms with Crippen molar-refractivity contribution in [2.75, 3.05) is 18.2 Å². The minimum Gasteiger partial charge on any atom is -0.465 e. The Balaban J connectivity index is 2.18. The number of rotatable bonds is 4. The molecule has 1 aromatic rings. The monoisotopic (exact) mass is 276 g/mol. The summed E-state index contributed by atoms with van der Waals surface area (Å²) in [5.41, 5.74) is 7.86. The smallest absolute Gasteiger partial charge is 0.340 e. The summed E-state index contributed by atoms with van der Waals surface area (Å²) in [5.74, 6) is 0.298. The van der Waals surface area contributed by atoms with E-state index in [0.717, 1.165) is 5.69 Å². The van der Waals surface area contributed by atoms with E-state index in [-0.39, 0.29) is 5.97 Å². The lowest BCUT2D eigenvalue weighted by molar-refractivity contribution is 0.0602. The first kappa shape index (κ1) is 14.7. The zero-order valence-corrected chi connectivity index (χ0v) is 12.3. The topological polar surface area (TPSA) is 64.3 Å². The number of hydrogen-bond donors (Lipinski definition) is 2. The SMILES string of the molecule is CCC1CCCCC1Nc1cccc(C(=O)OC)c1N. The number of hydrogen-bond acceptors (Lipinski definition) is 4. The molecule has 110 valence electrons. The van der Waals surface area contributed by atoms with Crippen LogP contribution in [0.15, 0.2) is 18.2 Å². The lowest BCUT2D eigenvalue weighted by atomic mass is 9.82. The normalized spacial score (nSPS) is 22.3. The van der Waals surface area contributed by atoms with Gasteiger partial charge in [-0.05, 0) is 30.9 Å². The van der Waals surface area contributed by atoms with Crippen LogP contribution in [0.2, 0.25) is 0 Å². The van der Waals surface area contributed by atoms with Gasteiger partial charge in [-0.1, -0.05) is 32.3 Å². The van der Waals surface area contributed by atoms with Crippen molar-refractivity contribution in [1.29, 1.82) is 0 Å². The molecule has 0 bridgehead atoms. The van der Waals surface area contributed by atoms with E-state index in [2.05, 4.69) is 12.2 Å². The third-order valence-corrected chi connectivity index (χ3v) is 4.29. The van der Waals surface area contributed by atoms with Crippen LogP contribution in [0.1, 0.15) is 49.4 Å². The van der Waals surface area contributed by atoms with Crippen LogP contribution in [0, 0.1) is 5.92 Å². The number of nitrogens with one attached hydrogen (secondary N) is 1. The minimum absolute atomic E-state index is 0.387. The van der Waals surface area contributed by atoms with Crippen molar-refractivity contribution in [3.8, 4) is 0 Å². The van der Waals surface area contributed by atoms with Gasteiger partial charge in [-0.15, -0.1) is 0 Å². The fraction of sp³-hybridized carbons (Fsp3) is 0.562. The van der Waals surface area contributed by atoms with Crippen LogP contribution >= 0.6 is 0 Å². The van der Waals surface area contributed by atoms with Gasteiger partial charge in [-0.25, -0.2) is 4.79 Å². The van der Waals surface area contributed by atoms with Gasteiger partial charge >= 0.3 is 5.97 Å². The molecule has 0 heterocycles. The second kappa shape index (κ2) is 6.64. The summed E-state index contributed by atoms with van der Waals surface area (Å²) < 4.78 is 4.76. The molecule has 3 N–H and O–H groups in total. The Morgan fingerprint density at radius 1 is 1.40 bits per heavy atom. The summed E-state index contributed by atoms with van der Waals surface area (Å²) in [6.45, 7) is 2.24. The Labute approximate surface area is 120 Å². The molecule has 0 radical (unpaired) electrons. The highest BCUT2D eigenvalue weighted by Crippen LogP contribution is 2.32. The van der Waals surface area contributed by atoms with Crippen molar-refractivity contribution in [3.05, 3.63) is 23.8 Å². The molecule has 1 aliphatic rings. The molecule has 1 aliphatic carbocycles. The molecule has 2 unspecified atom stereocenters. The molecular formula is C16H24N2O2. The number of nitrogens with two attached hydrogens (primary N) is 1. The molecule has 2 atom stereocenters. The van der Waals surface area contributed by atoms with Crippen LogP contribution in [0.5, 0.6) is 0 Å². The van der Waals surface area contributed by atoms with E-state index in [4.69, 9.17) is 10.5 Å². The Hall–Kier alpha value is -1.71. The minimum atomic E-state index is -0.387. The Kier molecular flexibility index (Phi) is 4.88. The Morgan fingerprint density at radius 2 is 2.15 bits per heavy atom. The van der Waals surface area contributed by atoms with Crippen molar-refractivity contribution >= 4 is 17.3 Å². The molecule has 4 nitrogen and oxygen atoms in total. The van der Waals surface area contributed by atoms with Crippen LogP contribution in [0.25, 0.3) is 0 Å². The quantitative estimate of drug-likeness (QED) is 0.653. The first-order valence-corrected chi connectivity index (χ1v) is 7.40. The lowest BCUT2D eigenvalue weighted by Crippen LogP contribution is -2.32. The van der Waals surface area contributed by atoms with Gasteiger partial charge in [-0.2, -0.15) is 0 Å². The number of para-hydroxylation sites is 1. The van der Waals surface area contributed by atoms with Crippen LogP contribution in [-0.4, -0.2) is 19.1 Å². The summed E-state index contributed by atoms with van der Waals surface area (Å²) in [7, 11) is 1.37. The van der Waals surface area contributed by atoms with E-state index < -0.39 is 0 Å². The first-order chi connectivity index (χ1) is 9.67. The van der Waals surface area contributed by atoms with Crippen molar-refractivity contribution in [1.82, 2.24) is 0 Å². The number of nitrogen functional groups attached to an aromatic ring is 1. The maximum atomic E-state index is 11.7. The third-order valence-electron chi connectivity index (χ3n) is 4.29. The highest BCUT2D eigenvalue weighted by Gasteiger charge is 2.24. The van der Waals surface area contributed by atoms with Gasteiger partial charge in [0, 0.05) is 6.04 Å². The molecule has 4 heteroatoms. The van der Waals surface area contributed by atoms with Gasteiger partial charge in [0.1, 0.15) is 0 Å². The number of carbonyl (C=O) groups excluding carboxylic acids is 1. The van der Waals surface area contributed by atoms with E-state index in [0.29, 0.717) is 23.2 Å². The molecule has 20 heavy (non-hydrogen) atoms. The molecule has 1 fully saturated rings. The Bertz CT molecular complexity index is 474. The van der Waals surface area contributed by atoms with Gasteiger partial charge in [-0.3, -0.25) is 0 Å². The zero-order chi connectivity index (χ0) is 14.5. The number of methoxy groups -OCH3 is 1. The molecular weight excluding hydrogens is 252 g/mol. The fourth-order valence-corrected chi connectivity index (χ4v) is 3.07. The van der Waals surface area contributed by atoms with Gasteiger partial charge in [0.25, 0.3) is 0 Å². The van der Waals surface area contributed by atoms with Gasteiger partial charge in [0.15, 0.2) is 0 Å². The van der Waals surface area contributed by atoms with E-state index in [1.54, 1.807) is 6.07 Å². The highest BCUT2D eigenvalue weighted by atomic mass is 16.5. The predicted octanol–water partition coefficient (Wildman–Crippen LogP) is 3.44. The second-order valence-electron chi connectivity index (χ2n) is 5.46.